The van der Waals surface area contributed by atoms with Gasteiger partial charge >= 0.3 is 0 Å². The molecule has 1 N–H and O–H groups in total. The second kappa shape index (κ2) is 6.71. The van der Waals surface area contributed by atoms with Crippen molar-refractivity contribution in [1.29, 1.82) is 0 Å². The van der Waals surface area contributed by atoms with Crippen molar-refractivity contribution in [1.82, 2.24) is 9.88 Å². The Morgan fingerprint density at radius 3 is 2.48 bits per heavy atom. The third kappa shape index (κ3) is 3.63. The Morgan fingerprint density at radius 1 is 1.09 bits per heavy atom. The molecule has 3 nitrogen and oxygen atoms in total. The average molecular weight is 325 g/mol. The Kier molecular flexibility index (Phi) is 4.49. The number of aryl methyl sites for hydroxylation is 1. The Hall–Kier alpha value is -2.52. The van der Waals surface area contributed by atoms with Gasteiger partial charge in [0, 0.05) is 35.2 Å². The van der Waals surface area contributed by atoms with Gasteiger partial charge in [-0.15, -0.1) is 0 Å². The highest BCUT2D eigenvalue weighted by molar-refractivity contribution is 6.30. The Bertz CT molecular complexity index is 808. The maximum atomic E-state index is 12.4. The highest BCUT2D eigenvalue weighted by Crippen LogP contribution is 2.17. The van der Waals surface area contributed by atoms with E-state index < -0.39 is 0 Å². The van der Waals surface area contributed by atoms with Crippen LogP contribution in [0.15, 0.2) is 67.0 Å². The summed E-state index contributed by atoms with van der Waals surface area (Å²) >= 11 is 5.86. The molecule has 0 fully saturated rings. The largest absolute Gasteiger partial charge is 0.348 e. The van der Waals surface area contributed by atoms with Gasteiger partial charge in [0.1, 0.15) is 0 Å². The molecule has 23 heavy (non-hydrogen) atoms. The Morgan fingerprint density at radius 2 is 1.78 bits per heavy atom. The van der Waals surface area contributed by atoms with Crippen molar-refractivity contribution in [3.05, 3.63) is 88.7 Å². The zero-order valence-corrected chi connectivity index (χ0v) is 13.5. The zero-order valence-electron chi connectivity index (χ0n) is 12.8. The van der Waals surface area contributed by atoms with E-state index in [0.717, 1.165) is 16.8 Å². The molecule has 0 aliphatic rings. The van der Waals surface area contributed by atoms with Crippen molar-refractivity contribution in [2.75, 3.05) is 0 Å². The van der Waals surface area contributed by atoms with Crippen LogP contribution in [0.1, 0.15) is 21.5 Å². The van der Waals surface area contributed by atoms with Crippen LogP contribution in [-0.4, -0.2) is 10.5 Å². The second-order valence-electron chi connectivity index (χ2n) is 5.40. The number of hydrogen-bond donors (Lipinski definition) is 1. The number of hydrogen-bond acceptors (Lipinski definition) is 1. The predicted octanol–water partition coefficient (Wildman–Crippen LogP) is 4.37. The third-order valence-corrected chi connectivity index (χ3v) is 3.97. The molecule has 116 valence electrons. The molecule has 0 bridgehead atoms. The number of halogens is 1. The number of amides is 1. The van der Waals surface area contributed by atoms with Gasteiger partial charge in [-0.25, -0.2) is 0 Å². The highest BCUT2D eigenvalue weighted by atomic mass is 35.5. The molecule has 0 unspecified atom stereocenters. The molecule has 0 spiro atoms. The SMILES string of the molecule is Cc1ccc(C(=O)NCc2ccc(Cl)cc2)cc1-n1cccc1. The van der Waals surface area contributed by atoms with Crippen molar-refractivity contribution >= 4 is 17.5 Å². The topological polar surface area (TPSA) is 34.0 Å². The van der Waals surface area contributed by atoms with Crippen LogP contribution in [0.5, 0.6) is 0 Å². The van der Waals surface area contributed by atoms with Crippen molar-refractivity contribution in [2.45, 2.75) is 13.5 Å². The van der Waals surface area contributed by atoms with Gasteiger partial charge in [-0.1, -0.05) is 29.8 Å². The van der Waals surface area contributed by atoms with Gasteiger partial charge in [0.2, 0.25) is 0 Å². The fraction of sp³-hybridized carbons (Fsp3) is 0.105. The minimum absolute atomic E-state index is 0.0895. The van der Waals surface area contributed by atoms with E-state index in [1.165, 1.54) is 0 Å². The van der Waals surface area contributed by atoms with Crippen molar-refractivity contribution in [3.8, 4) is 5.69 Å². The Labute approximate surface area is 140 Å². The van der Waals surface area contributed by atoms with Crippen molar-refractivity contribution < 1.29 is 4.79 Å². The summed E-state index contributed by atoms with van der Waals surface area (Å²) in [7, 11) is 0. The zero-order chi connectivity index (χ0) is 16.2. The molecule has 0 saturated carbocycles. The van der Waals surface area contributed by atoms with Crippen LogP contribution in [0, 0.1) is 6.92 Å². The molecular formula is C19H17ClN2O. The van der Waals surface area contributed by atoms with Crippen LogP contribution < -0.4 is 5.32 Å². The molecule has 1 heterocycles. The first-order chi connectivity index (χ1) is 11.1. The van der Waals surface area contributed by atoms with Crippen LogP contribution in [0.3, 0.4) is 0 Å². The first-order valence-electron chi connectivity index (χ1n) is 7.40. The molecule has 2 aromatic carbocycles. The van der Waals surface area contributed by atoms with E-state index in [1.54, 1.807) is 0 Å². The number of benzene rings is 2. The maximum Gasteiger partial charge on any atom is 0.251 e. The average Bonchev–Trinajstić information content (AvgIpc) is 3.09. The van der Waals surface area contributed by atoms with Gasteiger partial charge < -0.3 is 9.88 Å². The van der Waals surface area contributed by atoms with Gasteiger partial charge in [-0.05, 0) is 54.4 Å². The second-order valence-corrected chi connectivity index (χ2v) is 5.84. The predicted molar refractivity (Wildman–Crippen MR) is 93.1 cm³/mol. The summed E-state index contributed by atoms with van der Waals surface area (Å²) in [6.45, 7) is 2.51. The third-order valence-electron chi connectivity index (χ3n) is 3.72. The van der Waals surface area contributed by atoms with Gasteiger partial charge in [0.05, 0.1) is 0 Å². The van der Waals surface area contributed by atoms with Crippen LogP contribution >= 0.6 is 11.6 Å². The van der Waals surface area contributed by atoms with Crippen LogP contribution in [0.2, 0.25) is 5.02 Å². The molecular weight excluding hydrogens is 308 g/mol. The normalized spacial score (nSPS) is 10.5. The molecule has 0 aliphatic heterocycles. The van der Waals surface area contributed by atoms with Gasteiger partial charge in [-0.3, -0.25) is 4.79 Å². The van der Waals surface area contributed by atoms with Crippen LogP contribution in [0.4, 0.5) is 0 Å². The molecule has 3 rings (SSSR count). The molecule has 0 radical (unpaired) electrons. The van der Waals surface area contributed by atoms with E-state index in [1.807, 2.05) is 78.5 Å². The lowest BCUT2D eigenvalue weighted by molar-refractivity contribution is 0.0951. The van der Waals surface area contributed by atoms with Crippen molar-refractivity contribution in [3.63, 3.8) is 0 Å². The smallest absolute Gasteiger partial charge is 0.251 e. The molecule has 0 aliphatic carbocycles. The standard InChI is InChI=1S/C19H17ClN2O/c1-14-4-7-16(12-18(14)22-10-2-3-11-22)19(23)21-13-15-5-8-17(20)9-6-15/h2-12H,13H2,1H3,(H,21,23). The summed E-state index contributed by atoms with van der Waals surface area (Å²) in [5.74, 6) is -0.0895. The molecule has 1 amide bonds. The van der Waals surface area contributed by atoms with E-state index in [0.29, 0.717) is 17.1 Å². The summed E-state index contributed by atoms with van der Waals surface area (Å²) in [6.07, 6.45) is 3.94. The lowest BCUT2D eigenvalue weighted by Crippen LogP contribution is -2.23. The summed E-state index contributed by atoms with van der Waals surface area (Å²) in [5, 5.41) is 3.63. The number of carbonyl (C=O) groups excluding carboxylic acids is 1. The van der Waals surface area contributed by atoms with Gasteiger partial charge in [-0.2, -0.15) is 0 Å². The summed E-state index contributed by atoms with van der Waals surface area (Å²) in [4.78, 5) is 12.4. The highest BCUT2D eigenvalue weighted by Gasteiger charge is 2.09. The summed E-state index contributed by atoms with van der Waals surface area (Å²) in [6, 6.07) is 17.1. The Balaban J connectivity index is 1.75. The van der Waals surface area contributed by atoms with Crippen molar-refractivity contribution in [2.24, 2.45) is 0 Å². The fourth-order valence-corrected chi connectivity index (χ4v) is 2.54. The quantitative estimate of drug-likeness (QED) is 0.759. The summed E-state index contributed by atoms with van der Waals surface area (Å²) < 4.78 is 2.01. The number of nitrogens with zero attached hydrogens (tertiary/aromatic N) is 1. The van der Waals surface area contributed by atoms with E-state index in [4.69, 9.17) is 11.6 Å². The molecule has 1 aromatic heterocycles. The molecule has 0 saturated heterocycles. The maximum absolute atomic E-state index is 12.4. The lowest BCUT2D eigenvalue weighted by Gasteiger charge is -2.11. The monoisotopic (exact) mass is 324 g/mol. The molecule has 4 heteroatoms. The van der Waals surface area contributed by atoms with Crippen LogP contribution in [-0.2, 0) is 6.54 Å². The minimum Gasteiger partial charge on any atom is -0.348 e. The number of carbonyl (C=O) groups is 1. The molecule has 0 atom stereocenters. The first-order valence-corrected chi connectivity index (χ1v) is 7.78. The van der Waals surface area contributed by atoms with Crippen LogP contribution in [0.25, 0.3) is 5.69 Å². The first kappa shape index (κ1) is 15.4. The van der Waals surface area contributed by atoms with E-state index in [-0.39, 0.29) is 5.91 Å². The lowest BCUT2D eigenvalue weighted by atomic mass is 10.1. The van der Waals surface area contributed by atoms with Gasteiger partial charge in [0.25, 0.3) is 5.91 Å². The number of aromatic nitrogens is 1. The van der Waals surface area contributed by atoms with E-state index in [9.17, 15) is 4.79 Å². The summed E-state index contributed by atoms with van der Waals surface area (Å²) in [5.41, 5.74) is 3.79. The van der Waals surface area contributed by atoms with E-state index in [2.05, 4.69) is 5.32 Å². The van der Waals surface area contributed by atoms with E-state index >= 15 is 0 Å². The molecule has 3 aromatic rings. The number of rotatable bonds is 4. The van der Waals surface area contributed by atoms with Gasteiger partial charge in [0.15, 0.2) is 0 Å². The number of nitrogens with one attached hydrogen (secondary N) is 1. The minimum atomic E-state index is -0.0895. The fourth-order valence-electron chi connectivity index (χ4n) is 2.41.